The van der Waals surface area contributed by atoms with Crippen LogP contribution >= 0.6 is 31.9 Å². The number of aromatic nitrogens is 1. The molecule has 0 saturated carbocycles. The van der Waals surface area contributed by atoms with E-state index in [1.54, 1.807) is 12.4 Å². The summed E-state index contributed by atoms with van der Waals surface area (Å²) < 4.78 is 7.31. The predicted octanol–water partition coefficient (Wildman–Crippen LogP) is 3.98. The molecule has 0 fully saturated rings. The second-order valence-electron chi connectivity index (χ2n) is 3.07. The molecular formula is C11H8Br2N2O. The number of para-hydroxylation sites is 1. The molecule has 0 spiro atoms. The van der Waals surface area contributed by atoms with Gasteiger partial charge in [-0.15, -0.1) is 0 Å². The highest BCUT2D eigenvalue weighted by Crippen LogP contribution is 2.36. The van der Waals surface area contributed by atoms with Gasteiger partial charge in [0.05, 0.1) is 20.8 Å². The molecule has 0 saturated heterocycles. The van der Waals surface area contributed by atoms with Crippen molar-refractivity contribution in [2.45, 2.75) is 0 Å². The van der Waals surface area contributed by atoms with E-state index in [2.05, 4.69) is 36.8 Å². The van der Waals surface area contributed by atoms with Crippen molar-refractivity contribution in [3.8, 4) is 11.5 Å². The minimum absolute atomic E-state index is 0.491. The van der Waals surface area contributed by atoms with Gasteiger partial charge >= 0.3 is 0 Å². The van der Waals surface area contributed by atoms with Crippen LogP contribution in [0.1, 0.15) is 0 Å². The van der Waals surface area contributed by atoms with E-state index in [4.69, 9.17) is 10.5 Å². The van der Waals surface area contributed by atoms with Gasteiger partial charge in [-0.2, -0.15) is 0 Å². The van der Waals surface area contributed by atoms with Crippen LogP contribution in [0, 0.1) is 0 Å². The van der Waals surface area contributed by atoms with Crippen molar-refractivity contribution in [2.24, 2.45) is 0 Å². The molecule has 0 aliphatic carbocycles. The Kier molecular flexibility index (Phi) is 3.46. The van der Waals surface area contributed by atoms with E-state index in [9.17, 15) is 0 Å². The van der Waals surface area contributed by atoms with Crippen molar-refractivity contribution in [3.05, 3.63) is 45.6 Å². The van der Waals surface area contributed by atoms with E-state index >= 15 is 0 Å². The molecule has 0 aliphatic rings. The molecular weight excluding hydrogens is 336 g/mol. The van der Waals surface area contributed by atoms with E-state index in [-0.39, 0.29) is 0 Å². The molecule has 1 aromatic heterocycles. The minimum Gasteiger partial charge on any atom is -0.453 e. The highest BCUT2D eigenvalue weighted by molar-refractivity contribution is 9.11. The molecule has 0 amide bonds. The van der Waals surface area contributed by atoms with Crippen LogP contribution < -0.4 is 10.5 Å². The van der Waals surface area contributed by atoms with Crippen LogP contribution in [-0.2, 0) is 0 Å². The summed E-state index contributed by atoms with van der Waals surface area (Å²) in [5.74, 6) is 1.28. The monoisotopic (exact) mass is 342 g/mol. The standard InChI is InChI=1S/C11H8Br2N2O/c12-7-3-1-2-4-10(7)16-11-8(13)5-15-6-9(11)14/h1-6H,14H2. The third kappa shape index (κ3) is 2.36. The highest BCUT2D eigenvalue weighted by Gasteiger charge is 2.09. The molecule has 0 unspecified atom stereocenters. The first kappa shape index (κ1) is 11.4. The summed E-state index contributed by atoms with van der Waals surface area (Å²) in [5, 5.41) is 0. The van der Waals surface area contributed by atoms with E-state index in [1.807, 2.05) is 24.3 Å². The van der Waals surface area contributed by atoms with Gasteiger partial charge < -0.3 is 10.5 Å². The Morgan fingerprint density at radius 3 is 2.50 bits per heavy atom. The molecule has 2 N–H and O–H groups in total. The minimum atomic E-state index is 0.491. The van der Waals surface area contributed by atoms with Crippen LogP contribution in [0.15, 0.2) is 45.6 Å². The lowest BCUT2D eigenvalue weighted by Gasteiger charge is -2.10. The van der Waals surface area contributed by atoms with Gasteiger partial charge in [0.1, 0.15) is 5.75 Å². The largest absolute Gasteiger partial charge is 0.453 e. The zero-order valence-electron chi connectivity index (χ0n) is 8.15. The zero-order valence-corrected chi connectivity index (χ0v) is 11.3. The molecule has 2 rings (SSSR count). The SMILES string of the molecule is Nc1cncc(Br)c1Oc1ccccc1Br. The van der Waals surface area contributed by atoms with Gasteiger partial charge in [0.25, 0.3) is 0 Å². The second-order valence-corrected chi connectivity index (χ2v) is 4.78. The van der Waals surface area contributed by atoms with Crippen LogP contribution in [0.2, 0.25) is 0 Å². The first-order chi connectivity index (χ1) is 7.68. The number of nitrogen functional groups attached to an aromatic ring is 1. The number of benzene rings is 1. The van der Waals surface area contributed by atoms with Crippen molar-refractivity contribution < 1.29 is 4.74 Å². The summed E-state index contributed by atoms with van der Waals surface area (Å²) in [5.41, 5.74) is 6.28. The maximum absolute atomic E-state index is 5.79. The van der Waals surface area contributed by atoms with Crippen LogP contribution in [0.4, 0.5) is 5.69 Å². The van der Waals surface area contributed by atoms with Gasteiger partial charge in [-0.05, 0) is 44.0 Å². The Bertz CT molecular complexity index is 497. The number of hydrogen-bond acceptors (Lipinski definition) is 3. The normalized spacial score (nSPS) is 10.1. The fourth-order valence-electron chi connectivity index (χ4n) is 1.18. The Morgan fingerprint density at radius 2 is 1.81 bits per heavy atom. The highest BCUT2D eigenvalue weighted by atomic mass is 79.9. The molecule has 0 aliphatic heterocycles. The lowest BCUT2D eigenvalue weighted by Crippen LogP contribution is -1.94. The number of hydrogen-bond donors (Lipinski definition) is 1. The quantitative estimate of drug-likeness (QED) is 0.897. The van der Waals surface area contributed by atoms with Crippen molar-refractivity contribution in [2.75, 3.05) is 5.73 Å². The molecule has 5 heteroatoms. The molecule has 16 heavy (non-hydrogen) atoms. The fraction of sp³-hybridized carbons (Fsp3) is 0. The lowest BCUT2D eigenvalue weighted by molar-refractivity contribution is 0.478. The van der Waals surface area contributed by atoms with Crippen LogP contribution in [-0.4, -0.2) is 4.98 Å². The van der Waals surface area contributed by atoms with E-state index < -0.39 is 0 Å². The smallest absolute Gasteiger partial charge is 0.167 e. The molecule has 0 atom stereocenters. The summed E-state index contributed by atoms with van der Waals surface area (Å²) in [6, 6.07) is 7.57. The van der Waals surface area contributed by atoms with Gasteiger partial charge in [-0.1, -0.05) is 12.1 Å². The maximum atomic E-state index is 5.79. The first-order valence-electron chi connectivity index (χ1n) is 4.50. The van der Waals surface area contributed by atoms with Crippen LogP contribution in [0.25, 0.3) is 0 Å². The maximum Gasteiger partial charge on any atom is 0.167 e. The lowest BCUT2D eigenvalue weighted by atomic mass is 10.3. The summed E-state index contributed by atoms with van der Waals surface area (Å²) in [7, 11) is 0. The molecule has 2 aromatic rings. The first-order valence-corrected chi connectivity index (χ1v) is 6.08. The summed E-state index contributed by atoms with van der Waals surface area (Å²) in [6.07, 6.45) is 3.19. The summed E-state index contributed by atoms with van der Waals surface area (Å²) in [4.78, 5) is 3.94. The average Bonchev–Trinajstić information content (AvgIpc) is 2.26. The predicted molar refractivity (Wildman–Crippen MR) is 70.6 cm³/mol. The van der Waals surface area contributed by atoms with Crippen molar-refractivity contribution in [1.29, 1.82) is 0 Å². The third-order valence-electron chi connectivity index (χ3n) is 1.93. The van der Waals surface area contributed by atoms with Crippen molar-refractivity contribution >= 4 is 37.5 Å². The van der Waals surface area contributed by atoms with Gasteiger partial charge in [-0.25, -0.2) is 0 Å². The fourth-order valence-corrected chi connectivity index (χ4v) is 1.98. The molecule has 0 bridgehead atoms. The van der Waals surface area contributed by atoms with Gasteiger partial charge in [0.2, 0.25) is 0 Å². The number of nitrogens with zero attached hydrogens (tertiary/aromatic N) is 1. The molecule has 82 valence electrons. The average molecular weight is 344 g/mol. The number of rotatable bonds is 2. The van der Waals surface area contributed by atoms with Crippen LogP contribution in [0.5, 0.6) is 11.5 Å². The Balaban J connectivity index is 2.38. The van der Waals surface area contributed by atoms with Crippen molar-refractivity contribution in [3.63, 3.8) is 0 Å². The topological polar surface area (TPSA) is 48.1 Å². The molecule has 1 heterocycles. The summed E-state index contributed by atoms with van der Waals surface area (Å²) in [6.45, 7) is 0. The Labute approximate surface area is 110 Å². The summed E-state index contributed by atoms with van der Waals surface area (Å²) >= 11 is 6.75. The van der Waals surface area contributed by atoms with Gasteiger partial charge in [0, 0.05) is 6.20 Å². The zero-order chi connectivity index (χ0) is 11.5. The second kappa shape index (κ2) is 4.84. The number of pyridine rings is 1. The van der Waals surface area contributed by atoms with Crippen molar-refractivity contribution in [1.82, 2.24) is 4.98 Å². The molecule has 1 aromatic carbocycles. The number of anilines is 1. The Hall–Kier alpha value is -1.07. The Morgan fingerprint density at radius 1 is 1.06 bits per heavy atom. The van der Waals surface area contributed by atoms with Crippen LogP contribution in [0.3, 0.4) is 0 Å². The third-order valence-corrected chi connectivity index (χ3v) is 3.15. The van der Waals surface area contributed by atoms with E-state index in [1.165, 1.54) is 0 Å². The van der Waals surface area contributed by atoms with Gasteiger partial charge in [0.15, 0.2) is 5.75 Å². The number of ether oxygens (including phenoxy) is 1. The molecule has 0 radical (unpaired) electrons. The molecule has 3 nitrogen and oxygen atoms in total. The van der Waals surface area contributed by atoms with E-state index in [0.29, 0.717) is 17.2 Å². The van der Waals surface area contributed by atoms with Gasteiger partial charge in [-0.3, -0.25) is 4.98 Å². The number of halogens is 2. The van der Waals surface area contributed by atoms with E-state index in [0.717, 1.165) is 8.95 Å². The number of nitrogens with two attached hydrogens (primary N) is 1.